The molecule has 0 spiro atoms. The van der Waals surface area contributed by atoms with Gasteiger partial charge in [-0.15, -0.1) is 0 Å². The van der Waals surface area contributed by atoms with Crippen LogP contribution in [0, 0.1) is 0 Å². The summed E-state index contributed by atoms with van der Waals surface area (Å²) < 4.78 is 6.33. The third-order valence-electron chi connectivity index (χ3n) is 7.42. The maximum Gasteiger partial charge on any atom is 0.129 e. The molecular weight excluding hydrogens is 502 g/mol. The van der Waals surface area contributed by atoms with Gasteiger partial charge in [0.25, 0.3) is 0 Å². The molecule has 0 unspecified atom stereocenters. The van der Waals surface area contributed by atoms with Crippen LogP contribution in [0.5, 0.6) is 11.5 Å². The molecule has 6 rings (SSSR count). The van der Waals surface area contributed by atoms with Crippen LogP contribution < -0.4 is 9.64 Å². The summed E-state index contributed by atoms with van der Waals surface area (Å²) in [6.07, 6.45) is 6.16. The Bertz CT molecular complexity index is 1700. The zero-order valence-corrected chi connectivity index (χ0v) is 24.1. The van der Waals surface area contributed by atoms with E-state index >= 15 is 0 Å². The van der Waals surface area contributed by atoms with E-state index in [0.717, 1.165) is 51.8 Å². The van der Waals surface area contributed by atoms with Gasteiger partial charge in [0.15, 0.2) is 0 Å². The standard InChI is InChI=1S/C37H35N3O/c1-37(2,3)30-15-8-13-28(21-30)35-25-38-36(24-34(35)27-11-6-5-7-12-27)29-14-9-17-32(22-29)41-33-18-10-16-31(23-33)40-20-19-39(4)26-40/h5-25H,26H2,1-4H3. The van der Waals surface area contributed by atoms with Crippen LogP contribution in [0.15, 0.2) is 128 Å². The topological polar surface area (TPSA) is 28.6 Å². The maximum atomic E-state index is 6.33. The predicted octanol–water partition coefficient (Wildman–Crippen LogP) is 9.35. The van der Waals surface area contributed by atoms with Crippen molar-refractivity contribution in [2.45, 2.75) is 26.2 Å². The Morgan fingerprint density at radius 3 is 2.12 bits per heavy atom. The second kappa shape index (κ2) is 11.0. The molecule has 0 aliphatic carbocycles. The van der Waals surface area contributed by atoms with E-state index in [4.69, 9.17) is 9.72 Å². The average molecular weight is 538 g/mol. The van der Waals surface area contributed by atoms with Gasteiger partial charge in [-0.1, -0.05) is 93.6 Å². The summed E-state index contributed by atoms with van der Waals surface area (Å²) in [6.45, 7) is 7.57. The first kappa shape index (κ1) is 26.4. The van der Waals surface area contributed by atoms with Gasteiger partial charge in [0.1, 0.15) is 11.5 Å². The number of benzene rings is 4. The minimum atomic E-state index is 0.0672. The third kappa shape index (κ3) is 5.87. The Labute approximate surface area is 243 Å². The Morgan fingerprint density at radius 2 is 1.37 bits per heavy atom. The average Bonchev–Trinajstić information content (AvgIpc) is 3.43. The van der Waals surface area contributed by atoms with Crippen LogP contribution >= 0.6 is 0 Å². The summed E-state index contributed by atoms with van der Waals surface area (Å²) >= 11 is 0. The number of aromatic nitrogens is 1. The normalized spacial score (nSPS) is 13.1. The van der Waals surface area contributed by atoms with E-state index in [9.17, 15) is 0 Å². The first-order valence-electron chi connectivity index (χ1n) is 14.0. The highest BCUT2D eigenvalue weighted by Crippen LogP contribution is 2.37. The van der Waals surface area contributed by atoms with Gasteiger partial charge in [-0.25, -0.2) is 0 Å². The lowest BCUT2D eigenvalue weighted by Gasteiger charge is -2.20. The second-order valence-electron chi connectivity index (χ2n) is 11.6. The zero-order chi connectivity index (χ0) is 28.4. The SMILES string of the molecule is CN1C=CN(c2cccc(Oc3cccc(-c4cc(-c5ccccc5)c(-c5cccc(C(C)(C)C)c5)cn4)c3)c2)C1. The van der Waals surface area contributed by atoms with Gasteiger partial charge >= 0.3 is 0 Å². The molecule has 0 N–H and O–H groups in total. The molecule has 2 heterocycles. The van der Waals surface area contributed by atoms with Gasteiger partial charge in [-0.2, -0.15) is 0 Å². The number of anilines is 1. The fourth-order valence-corrected chi connectivity index (χ4v) is 5.13. The second-order valence-corrected chi connectivity index (χ2v) is 11.6. The minimum Gasteiger partial charge on any atom is -0.457 e. The van der Waals surface area contributed by atoms with E-state index in [2.05, 4.69) is 135 Å². The summed E-state index contributed by atoms with van der Waals surface area (Å²) in [4.78, 5) is 9.28. The van der Waals surface area contributed by atoms with E-state index in [1.54, 1.807) is 0 Å². The molecule has 0 saturated carbocycles. The highest BCUT2D eigenvalue weighted by Gasteiger charge is 2.17. The molecule has 1 aliphatic rings. The van der Waals surface area contributed by atoms with Gasteiger partial charge < -0.3 is 14.5 Å². The molecular formula is C37H35N3O. The number of ether oxygens (including phenoxy) is 1. The number of rotatable bonds is 6. The Morgan fingerprint density at radius 1 is 0.659 bits per heavy atom. The van der Waals surface area contributed by atoms with Crippen molar-refractivity contribution in [2.75, 3.05) is 18.6 Å². The minimum absolute atomic E-state index is 0.0672. The monoisotopic (exact) mass is 537 g/mol. The van der Waals surface area contributed by atoms with Crippen molar-refractivity contribution in [3.63, 3.8) is 0 Å². The summed E-state index contributed by atoms with van der Waals surface area (Å²) in [6, 6.07) is 37.9. The lowest BCUT2D eigenvalue weighted by atomic mass is 9.84. The molecule has 204 valence electrons. The molecule has 0 atom stereocenters. The van der Waals surface area contributed by atoms with Crippen molar-refractivity contribution < 1.29 is 4.74 Å². The lowest BCUT2D eigenvalue weighted by molar-refractivity contribution is 0.481. The lowest BCUT2D eigenvalue weighted by Crippen LogP contribution is -2.21. The summed E-state index contributed by atoms with van der Waals surface area (Å²) in [5.74, 6) is 1.58. The molecule has 0 fully saturated rings. The summed E-state index contributed by atoms with van der Waals surface area (Å²) in [7, 11) is 2.06. The zero-order valence-electron chi connectivity index (χ0n) is 24.1. The third-order valence-corrected chi connectivity index (χ3v) is 7.42. The van der Waals surface area contributed by atoms with E-state index < -0.39 is 0 Å². The highest BCUT2D eigenvalue weighted by molar-refractivity contribution is 5.85. The predicted molar refractivity (Wildman–Crippen MR) is 170 cm³/mol. The van der Waals surface area contributed by atoms with E-state index in [1.165, 1.54) is 11.1 Å². The summed E-state index contributed by atoms with van der Waals surface area (Å²) in [5.41, 5.74) is 9.00. The van der Waals surface area contributed by atoms with Crippen LogP contribution in [0.4, 0.5) is 5.69 Å². The quantitative estimate of drug-likeness (QED) is 0.216. The fourth-order valence-electron chi connectivity index (χ4n) is 5.13. The molecule has 5 aromatic rings. The molecule has 0 radical (unpaired) electrons. The number of hydrogen-bond donors (Lipinski definition) is 0. The van der Waals surface area contributed by atoms with Crippen molar-refractivity contribution in [1.82, 2.24) is 9.88 Å². The summed E-state index contributed by atoms with van der Waals surface area (Å²) in [5, 5.41) is 0. The number of hydrogen-bond acceptors (Lipinski definition) is 4. The molecule has 4 heteroatoms. The van der Waals surface area contributed by atoms with Gasteiger partial charge in [-0.05, 0) is 58.0 Å². The van der Waals surface area contributed by atoms with Crippen LogP contribution in [0.2, 0.25) is 0 Å². The van der Waals surface area contributed by atoms with Gasteiger partial charge in [0, 0.05) is 48.5 Å². The fraction of sp³-hybridized carbons (Fsp3) is 0.162. The van der Waals surface area contributed by atoms with Crippen LogP contribution in [-0.2, 0) is 5.41 Å². The first-order chi connectivity index (χ1) is 19.8. The molecule has 0 amide bonds. The van der Waals surface area contributed by atoms with Gasteiger partial charge in [0.05, 0.1) is 12.4 Å². The molecule has 0 saturated heterocycles. The van der Waals surface area contributed by atoms with Crippen LogP contribution in [0.3, 0.4) is 0 Å². The molecule has 4 aromatic carbocycles. The molecule has 41 heavy (non-hydrogen) atoms. The number of nitrogens with zero attached hydrogens (tertiary/aromatic N) is 3. The highest BCUT2D eigenvalue weighted by atomic mass is 16.5. The molecule has 1 aromatic heterocycles. The Balaban J connectivity index is 1.34. The van der Waals surface area contributed by atoms with Crippen molar-refractivity contribution in [2.24, 2.45) is 0 Å². The van der Waals surface area contributed by atoms with Crippen LogP contribution in [0.25, 0.3) is 33.5 Å². The van der Waals surface area contributed by atoms with E-state index in [-0.39, 0.29) is 5.41 Å². The van der Waals surface area contributed by atoms with Gasteiger partial charge in [0.2, 0.25) is 0 Å². The number of pyridine rings is 1. The van der Waals surface area contributed by atoms with Crippen molar-refractivity contribution >= 4 is 5.69 Å². The van der Waals surface area contributed by atoms with E-state index in [1.807, 2.05) is 30.5 Å². The molecule has 0 bridgehead atoms. The smallest absolute Gasteiger partial charge is 0.129 e. The maximum absolute atomic E-state index is 6.33. The Kier molecular flexibility index (Phi) is 7.07. The molecule has 1 aliphatic heterocycles. The van der Waals surface area contributed by atoms with Crippen molar-refractivity contribution in [3.8, 4) is 45.0 Å². The van der Waals surface area contributed by atoms with Crippen molar-refractivity contribution in [1.29, 1.82) is 0 Å². The van der Waals surface area contributed by atoms with Crippen LogP contribution in [0.1, 0.15) is 26.3 Å². The molecule has 4 nitrogen and oxygen atoms in total. The van der Waals surface area contributed by atoms with Crippen LogP contribution in [-0.4, -0.2) is 23.6 Å². The largest absolute Gasteiger partial charge is 0.457 e. The first-order valence-corrected chi connectivity index (χ1v) is 14.0. The Hall–Kier alpha value is -4.83. The van der Waals surface area contributed by atoms with Gasteiger partial charge in [-0.3, -0.25) is 4.98 Å². The van der Waals surface area contributed by atoms with Crippen molar-refractivity contribution in [3.05, 3.63) is 133 Å². The van der Waals surface area contributed by atoms with E-state index in [0.29, 0.717) is 0 Å².